The minimum absolute atomic E-state index is 0.644. The molecule has 35 heavy (non-hydrogen) atoms. The molecule has 0 radical (unpaired) electrons. The van der Waals surface area contributed by atoms with Crippen LogP contribution in [0.5, 0.6) is 23.0 Å². The lowest BCUT2D eigenvalue weighted by atomic mass is 9.99. The highest BCUT2D eigenvalue weighted by Gasteiger charge is 2.22. The first-order valence-electron chi connectivity index (χ1n) is 11.6. The maximum Gasteiger partial charge on any atom is 0.161 e. The second-order valence-electron chi connectivity index (χ2n) is 8.32. The summed E-state index contributed by atoms with van der Waals surface area (Å²) in [4.78, 5) is 0. The van der Waals surface area contributed by atoms with Gasteiger partial charge in [-0.2, -0.15) is 5.10 Å². The minimum atomic E-state index is 0.644. The Morgan fingerprint density at radius 1 is 0.714 bits per heavy atom. The number of nitrogens with zero attached hydrogens (tertiary/aromatic N) is 2. The van der Waals surface area contributed by atoms with Crippen LogP contribution in [-0.4, -0.2) is 38.2 Å². The molecule has 4 aromatic rings. The molecular formula is C29H32N2O4. The van der Waals surface area contributed by atoms with Crippen molar-refractivity contribution in [2.24, 2.45) is 0 Å². The van der Waals surface area contributed by atoms with Crippen LogP contribution in [0.3, 0.4) is 0 Å². The second-order valence-corrected chi connectivity index (χ2v) is 8.32. The van der Waals surface area contributed by atoms with E-state index in [1.165, 1.54) is 11.1 Å². The molecule has 3 aromatic carbocycles. The molecule has 0 amide bonds. The predicted molar refractivity (Wildman–Crippen MR) is 139 cm³/mol. The van der Waals surface area contributed by atoms with Crippen LogP contribution >= 0.6 is 0 Å². The normalized spacial score (nSPS) is 10.8. The number of aryl methyl sites for hydroxylation is 1. The van der Waals surface area contributed by atoms with Crippen LogP contribution < -0.4 is 18.9 Å². The third-order valence-corrected chi connectivity index (χ3v) is 6.13. The number of methoxy groups -OCH3 is 4. The molecule has 182 valence electrons. The Balaban J connectivity index is 1.93. The number of hydrogen-bond donors (Lipinski definition) is 0. The number of benzene rings is 3. The van der Waals surface area contributed by atoms with E-state index in [0.717, 1.165) is 34.5 Å². The molecule has 0 aliphatic carbocycles. The van der Waals surface area contributed by atoms with Gasteiger partial charge in [0.05, 0.1) is 46.4 Å². The number of hydrogen-bond acceptors (Lipinski definition) is 5. The summed E-state index contributed by atoms with van der Waals surface area (Å²) in [6.07, 6.45) is 0.807. The molecule has 0 fully saturated rings. The van der Waals surface area contributed by atoms with E-state index in [-0.39, 0.29) is 0 Å². The number of aromatic nitrogens is 2. The van der Waals surface area contributed by atoms with Gasteiger partial charge >= 0.3 is 0 Å². The van der Waals surface area contributed by atoms with E-state index in [4.69, 9.17) is 24.0 Å². The lowest BCUT2D eigenvalue weighted by Gasteiger charge is -2.13. The van der Waals surface area contributed by atoms with Crippen molar-refractivity contribution in [2.45, 2.75) is 26.8 Å². The summed E-state index contributed by atoms with van der Waals surface area (Å²) < 4.78 is 24.2. The van der Waals surface area contributed by atoms with Crippen LogP contribution in [0.1, 0.15) is 23.6 Å². The molecule has 6 nitrogen and oxygen atoms in total. The van der Waals surface area contributed by atoms with Crippen molar-refractivity contribution < 1.29 is 18.9 Å². The van der Waals surface area contributed by atoms with Crippen molar-refractivity contribution in [1.29, 1.82) is 0 Å². The maximum absolute atomic E-state index is 5.61. The third kappa shape index (κ3) is 4.83. The van der Waals surface area contributed by atoms with Gasteiger partial charge in [-0.15, -0.1) is 0 Å². The van der Waals surface area contributed by atoms with Crippen LogP contribution in [0.4, 0.5) is 0 Å². The zero-order valence-corrected chi connectivity index (χ0v) is 21.2. The highest BCUT2D eigenvalue weighted by Crippen LogP contribution is 2.39. The molecule has 0 N–H and O–H groups in total. The van der Waals surface area contributed by atoms with E-state index in [0.29, 0.717) is 29.5 Å². The van der Waals surface area contributed by atoms with Gasteiger partial charge in [-0.1, -0.05) is 36.8 Å². The van der Waals surface area contributed by atoms with Crippen LogP contribution in [0.2, 0.25) is 0 Å². The van der Waals surface area contributed by atoms with Gasteiger partial charge in [-0.05, 0) is 55.3 Å². The van der Waals surface area contributed by atoms with Crippen LogP contribution in [0.15, 0.2) is 60.7 Å². The van der Waals surface area contributed by atoms with E-state index in [1.807, 2.05) is 30.3 Å². The number of rotatable bonds is 9. The Kier molecular flexibility index (Phi) is 7.30. The number of ether oxygens (including phenoxy) is 4. The monoisotopic (exact) mass is 472 g/mol. The molecule has 0 aliphatic rings. The first-order valence-corrected chi connectivity index (χ1v) is 11.6. The fraction of sp³-hybridized carbons (Fsp3) is 0.276. The summed E-state index contributed by atoms with van der Waals surface area (Å²) in [5, 5.41) is 5.13. The quantitative estimate of drug-likeness (QED) is 0.292. The Bertz CT molecular complexity index is 1330. The Morgan fingerprint density at radius 2 is 1.31 bits per heavy atom. The topological polar surface area (TPSA) is 54.7 Å². The summed E-state index contributed by atoms with van der Waals surface area (Å²) in [6, 6.07) is 20.5. The standard InChI is InChI=1S/C29H32N2O4/c1-7-23-28(21-11-13-24(32-3)26(16-21)34-5)30-31(18-20-10-8-9-19(2)15-20)29(23)22-12-14-25(33-4)27(17-22)35-6/h8-17H,7,18H2,1-6H3. The summed E-state index contributed by atoms with van der Waals surface area (Å²) in [5.74, 6) is 2.74. The van der Waals surface area contributed by atoms with Gasteiger partial charge in [-0.25, -0.2) is 0 Å². The van der Waals surface area contributed by atoms with Crippen molar-refractivity contribution in [3.63, 3.8) is 0 Å². The Hall–Kier alpha value is -3.93. The van der Waals surface area contributed by atoms with E-state index in [1.54, 1.807) is 28.4 Å². The average molecular weight is 473 g/mol. The van der Waals surface area contributed by atoms with Crippen LogP contribution in [0, 0.1) is 6.92 Å². The van der Waals surface area contributed by atoms with Gasteiger partial charge in [0.1, 0.15) is 0 Å². The molecule has 0 saturated carbocycles. The SMILES string of the molecule is CCc1c(-c2ccc(OC)c(OC)c2)nn(Cc2cccc(C)c2)c1-c1ccc(OC)c(OC)c1. The summed E-state index contributed by atoms with van der Waals surface area (Å²) in [7, 11) is 6.59. The van der Waals surface area contributed by atoms with Crippen molar-refractivity contribution in [1.82, 2.24) is 9.78 Å². The Morgan fingerprint density at radius 3 is 1.89 bits per heavy atom. The molecule has 1 aromatic heterocycles. The van der Waals surface area contributed by atoms with E-state index in [2.05, 4.69) is 48.9 Å². The highest BCUT2D eigenvalue weighted by molar-refractivity contribution is 5.77. The molecule has 1 heterocycles. The van der Waals surface area contributed by atoms with Crippen molar-refractivity contribution in [3.05, 3.63) is 77.4 Å². The van der Waals surface area contributed by atoms with E-state index < -0.39 is 0 Å². The third-order valence-electron chi connectivity index (χ3n) is 6.13. The molecule has 0 spiro atoms. The molecule has 0 saturated heterocycles. The van der Waals surface area contributed by atoms with Gasteiger partial charge < -0.3 is 18.9 Å². The highest BCUT2D eigenvalue weighted by atomic mass is 16.5. The molecule has 0 bridgehead atoms. The van der Waals surface area contributed by atoms with Gasteiger partial charge in [0.2, 0.25) is 0 Å². The largest absolute Gasteiger partial charge is 0.493 e. The first-order chi connectivity index (χ1) is 17.0. The van der Waals surface area contributed by atoms with Crippen LogP contribution in [0.25, 0.3) is 22.5 Å². The second kappa shape index (κ2) is 10.6. The summed E-state index contributed by atoms with van der Waals surface area (Å²) in [5.41, 5.74) is 7.53. The van der Waals surface area contributed by atoms with Crippen molar-refractivity contribution in [2.75, 3.05) is 28.4 Å². The zero-order chi connectivity index (χ0) is 24.9. The van der Waals surface area contributed by atoms with Crippen molar-refractivity contribution >= 4 is 0 Å². The fourth-order valence-corrected chi connectivity index (χ4v) is 4.45. The molecule has 0 unspecified atom stereocenters. The first kappa shape index (κ1) is 24.2. The molecule has 6 heteroatoms. The van der Waals surface area contributed by atoms with Crippen LogP contribution in [-0.2, 0) is 13.0 Å². The van der Waals surface area contributed by atoms with Gasteiger partial charge in [0.15, 0.2) is 23.0 Å². The maximum atomic E-state index is 5.61. The predicted octanol–water partition coefficient (Wildman–Crippen LogP) is 6.17. The summed E-state index contributed by atoms with van der Waals surface area (Å²) >= 11 is 0. The minimum Gasteiger partial charge on any atom is -0.493 e. The summed E-state index contributed by atoms with van der Waals surface area (Å²) in [6.45, 7) is 4.91. The fourth-order valence-electron chi connectivity index (χ4n) is 4.45. The molecule has 4 rings (SSSR count). The lowest BCUT2D eigenvalue weighted by Crippen LogP contribution is -2.05. The van der Waals surface area contributed by atoms with Gasteiger partial charge in [0.25, 0.3) is 0 Å². The van der Waals surface area contributed by atoms with Gasteiger partial charge in [0, 0.05) is 16.7 Å². The van der Waals surface area contributed by atoms with Gasteiger partial charge in [-0.3, -0.25) is 4.68 Å². The van der Waals surface area contributed by atoms with E-state index in [9.17, 15) is 0 Å². The van der Waals surface area contributed by atoms with Crippen molar-refractivity contribution in [3.8, 4) is 45.5 Å². The zero-order valence-electron chi connectivity index (χ0n) is 21.2. The lowest BCUT2D eigenvalue weighted by molar-refractivity contribution is 0.355. The smallest absolute Gasteiger partial charge is 0.161 e. The molecule has 0 atom stereocenters. The Labute approximate surface area is 207 Å². The average Bonchev–Trinajstić information content (AvgIpc) is 3.25. The molecule has 0 aliphatic heterocycles. The van der Waals surface area contributed by atoms with E-state index >= 15 is 0 Å². The molecular weight excluding hydrogens is 440 g/mol.